The molecule has 0 aliphatic carbocycles. The summed E-state index contributed by atoms with van der Waals surface area (Å²) >= 11 is 13.1. The predicted octanol–water partition coefficient (Wildman–Crippen LogP) is 5.09. The molecule has 0 saturated heterocycles. The first-order valence-electron chi connectivity index (χ1n) is 9.59. The summed E-state index contributed by atoms with van der Waals surface area (Å²) in [5, 5.41) is 21.7. The highest BCUT2D eigenvalue weighted by atomic mass is 35.5. The molecule has 0 bridgehead atoms. The second-order valence-electron chi connectivity index (χ2n) is 6.94. The number of amides is 1. The largest absolute Gasteiger partial charge is 0.332 e. The van der Waals surface area contributed by atoms with Gasteiger partial charge in [-0.2, -0.15) is 9.61 Å². The lowest BCUT2D eigenvalue weighted by atomic mass is 10.0. The van der Waals surface area contributed by atoms with E-state index in [1.54, 1.807) is 22.7 Å². The predicted molar refractivity (Wildman–Crippen MR) is 131 cm³/mol. The molecule has 0 fully saturated rings. The fraction of sp³-hybridized carbons (Fsp3) is 0.0455. The number of nitrogens with zero attached hydrogens (tertiary/aromatic N) is 4. The summed E-state index contributed by atoms with van der Waals surface area (Å²) in [6.07, 6.45) is 0. The lowest BCUT2D eigenvalue weighted by Gasteiger charge is -2.13. The van der Waals surface area contributed by atoms with Crippen LogP contribution in [0.25, 0.3) is 26.3 Å². The van der Waals surface area contributed by atoms with Gasteiger partial charge >= 0.3 is 0 Å². The molecule has 32 heavy (non-hydrogen) atoms. The summed E-state index contributed by atoms with van der Waals surface area (Å²) in [5.41, 5.74) is 2.06. The van der Waals surface area contributed by atoms with Crippen LogP contribution in [-0.4, -0.2) is 30.8 Å². The van der Waals surface area contributed by atoms with Gasteiger partial charge in [-0.25, -0.2) is 0 Å². The minimum absolute atomic E-state index is 0.181. The van der Waals surface area contributed by atoms with Crippen LogP contribution >= 0.6 is 35.2 Å². The van der Waals surface area contributed by atoms with E-state index in [-0.39, 0.29) is 11.0 Å². The number of carbonyl (C=O) groups is 1. The number of hydrogen-bond donors (Lipinski definition) is 2. The van der Waals surface area contributed by atoms with Gasteiger partial charge in [0.25, 0.3) is 5.91 Å². The van der Waals surface area contributed by atoms with E-state index in [0.717, 1.165) is 27.0 Å². The molecule has 2 heterocycles. The zero-order chi connectivity index (χ0) is 22.2. The molecule has 0 aliphatic rings. The number of thiocarbonyl (C=S) groups is 1. The number of rotatable bonds is 3. The van der Waals surface area contributed by atoms with Crippen molar-refractivity contribution in [3.05, 3.63) is 77.1 Å². The van der Waals surface area contributed by atoms with Crippen molar-refractivity contribution in [3.63, 3.8) is 0 Å². The molecular formula is C22H15ClN6OS2. The molecule has 0 aliphatic heterocycles. The number of carbonyl (C=O) groups excluding carboxylic acids is 1. The van der Waals surface area contributed by atoms with Crippen LogP contribution in [0.15, 0.2) is 60.7 Å². The van der Waals surface area contributed by atoms with Gasteiger partial charge in [0.15, 0.2) is 10.9 Å². The van der Waals surface area contributed by atoms with Gasteiger partial charge in [-0.3, -0.25) is 10.1 Å². The van der Waals surface area contributed by atoms with E-state index in [1.807, 2.05) is 49.4 Å². The van der Waals surface area contributed by atoms with E-state index >= 15 is 0 Å². The molecular weight excluding hydrogens is 464 g/mol. The first kappa shape index (κ1) is 20.5. The van der Waals surface area contributed by atoms with Crippen LogP contribution in [0.2, 0.25) is 5.02 Å². The molecule has 1 amide bonds. The summed E-state index contributed by atoms with van der Waals surface area (Å²) < 4.78 is 1.70. The number of nitrogens with one attached hydrogen (secondary N) is 2. The molecule has 7 nitrogen and oxygen atoms in total. The second-order valence-corrected chi connectivity index (χ2v) is 8.71. The van der Waals surface area contributed by atoms with Crippen LogP contribution in [0.4, 0.5) is 5.69 Å². The fourth-order valence-electron chi connectivity index (χ4n) is 3.40. The van der Waals surface area contributed by atoms with Crippen molar-refractivity contribution in [3.8, 4) is 10.6 Å². The Labute approximate surface area is 197 Å². The van der Waals surface area contributed by atoms with Gasteiger partial charge in [0.1, 0.15) is 5.01 Å². The average molecular weight is 479 g/mol. The third-order valence-corrected chi connectivity index (χ3v) is 6.36. The molecule has 0 radical (unpaired) electrons. The third kappa shape index (κ3) is 3.70. The molecule has 5 rings (SSSR count). The summed E-state index contributed by atoms with van der Waals surface area (Å²) in [7, 11) is 0. The molecule has 0 unspecified atom stereocenters. The van der Waals surface area contributed by atoms with Crippen molar-refractivity contribution in [2.75, 3.05) is 5.32 Å². The standard InChI is InChI=1S/C22H15ClN6OS2/c1-12-26-27-22-29(12)28-20(32-22)16-6-2-3-11-18(16)24-21(31)25-19(30)15-9-4-8-14-13(15)7-5-10-17(14)23/h2-11H,1H3,(H2,24,25,30,31). The molecule has 0 atom stereocenters. The topological polar surface area (TPSA) is 84.2 Å². The van der Waals surface area contributed by atoms with Gasteiger partial charge in [0.05, 0.1) is 5.69 Å². The van der Waals surface area contributed by atoms with E-state index in [4.69, 9.17) is 23.8 Å². The highest BCUT2D eigenvalue weighted by molar-refractivity contribution is 7.80. The number of halogens is 1. The maximum atomic E-state index is 12.9. The Kier molecular flexibility index (Phi) is 5.30. The van der Waals surface area contributed by atoms with E-state index in [0.29, 0.717) is 21.4 Å². The molecule has 3 aromatic carbocycles. The Morgan fingerprint density at radius 2 is 1.81 bits per heavy atom. The smallest absolute Gasteiger partial charge is 0.258 e. The van der Waals surface area contributed by atoms with Crippen LogP contribution < -0.4 is 10.6 Å². The third-order valence-electron chi connectivity index (χ3n) is 4.89. The number of aromatic nitrogens is 4. The number of anilines is 1. The molecule has 0 spiro atoms. The maximum absolute atomic E-state index is 12.9. The van der Waals surface area contributed by atoms with Crippen molar-refractivity contribution in [1.82, 2.24) is 25.1 Å². The monoisotopic (exact) mass is 478 g/mol. The number of para-hydroxylation sites is 1. The summed E-state index contributed by atoms with van der Waals surface area (Å²) in [6, 6.07) is 18.5. The quantitative estimate of drug-likeness (QED) is 0.351. The Balaban J connectivity index is 1.39. The fourth-order valence-corrected chi connectivity index (χ4v) is 4.76. The Bertz CT molecular complexity index is 1510. The minimum atomic E-state index is -0.317. The molecule has 0 saturated carbocycles. The average Bonchev–Trinajstić information content (AvgIpc) is 3.36. The summed E-state index contributed by atoms with van der Waals surface area (Å²) in [6.45, 7) is 1.85. The molecule has 5 aromatic rings. The van der Waals surface area contributed by atoms with Crippen LogP contribution in [0.3, 0.4) is 0 Å². The zero-order valence-electron chi connectivity index (χ0n) is 16.7. The first-order valence-corrected chi connectivity index (χ1v) is 11.2. The number of aryl methyl sites for hydroxylation is 1. The van der Waals surface area contributed by atoms with Crippen LogP contribution in [0, 0.1) is 6.92 Å². The lowest BCUT2D eigenvalue weighted by molar-refractivity contribution is 0.0979. The second kappa shape index (κ2) is 8.27. The number of hydrogen-bond acceptors (Lipinski definition) is 6. The van der Waals surface area contributed by atoms with Gasteiger partial charge in [-0.1, -0.05) is 59.3 Å². The van der Waals surface area contributed by atoms with Crippen molar-refractivity contribution in [2.45, 2.75) is 6.92 Å². The summed E-state index contributed by atoms with van der Waals surface area (Å²) in [4.78, 5) is 13.6. The van der Waals surface area contributed by atoms with E-state index < -0.39 is 0 Å². The van der Waals surface area contributed by atoms with Crippen LogP contribution in [0.5, 0.6) is 0 Å². The Morgan fingerprint density at radius 1 is 1.03 bits per heavy atom. The van der Waals surface area contributed by atoms with Gasteiger partial charge in [-0.05, 0) is 48.8 Å². The van der Waals surface area contributed by atoms with Crippen molar-refractivity contribution >= 4 is 67.6 Å². The van der Waals surface area contributed by atoms with Gasteiger partial charge in [0.2, 0.25) is 4.96 Å². The highest BCUT2D eigenvalue weighted by Crippen LogP contribution is 2.31. The minimum Gasteiger partial charge on any atom is -0.332 e. The van der Waals surface area contributed by atoms with E-state index in [2.05, 4.69) is 25.9 Å². The van der Waals surface area contributed by atoms with Gasteiger partial charge in [0, 0.05) is 21.5 Å². The van der Waals surface area contributed by atoms with Gasteiger partial charge in [-0.15, -0.1) is 10.2 Å². The molecule has 2 aromatic heterocycles. The van der Waals surface area contributed by atoms with Crippen molar-refractivity contribution in [2.24, 2.45) is 0 Å². The summed E-state index contributed by atoms with van der Waals surface area (Å²) in [5.74, 6) is 0.396. The number of fused-ring (bicyclic) bond motifs is 2. The zero-order valence-corrected chi connectivity index (χ0v) is 19.1. The maximum Gasteiger partial charge on any atom is 0.258 e. The van der Waals surface area contributed by atoms with Gasteiger partial charge < -0.3 is 5.32 Å². The molecule has 158 valence electrons. The van der Waals surface area contributed by atoms with E-state index in [1.165, 1.54) is 11.3 Å². The normalized spacial score (nSPS) is 11.1. The Morgan fingerprint density at radius 3 is 2.66 bits per heavy atom. The van der Waals surface area contributed by atoms with Crippen LogP contribution in [-0.2, 0) is 0 Å². The lowest BCUT2D eigenvalue weighted by Crippen LogP contribution is -2.34. The number of benzene rings is 3. The molecule has 2 N–H and O–H groups in total. The molecule has 10 heteroatoms. The van der Waals surface area contributed by atoms with E-state index in [9.17, 15) is 4.79 Å². The van der Waals surface area contributed by atoms with Crippen molar-refractivity contribution in [1.29, 1.82) is 0 Å². The van der Waals surface area contributed by atoms with Crippen LogP contribution in [0.1, 0.15) is 16.2 Å². The Hall–Kier alpha value is -3.40. The highest BCUT2D eigenvalue weighted by Gasteiger charge is 2.16. The SMILES string of the molecule is Cc1nnc2sc(-c3ccccc3NC(=S)NC(=O)c3cccc4c(Cl)cccc34)nn12. The first-order chi connectivity index (χ1) is 15.5. The van der Waals surface area contributed by atoms with Crippen molar-refractivity contribution < 1.29 is 4.79 Å².